The molecule has 0 unspecified atom stereocenters. The Labute approximate surface area is 161 Å². The third-order valence-electron chi connectivity index (χ3n) is 5.48. The monoisotopic (exact) mass is 377 g/mol. The maximum absolute atomic E-state index is 13.3. The molecule has 0 spiro atoms. The molecule has 0 radical (unpaired) electrons. The summed E-state index contributed by atoms with van der Waals surface area (Å²) in [5.41, 5.74) is 1.18. The van der Waals surface area contributed by atoms with Gasteiger partial charge < -0.3 is 19.2 Å². The number of para-hydroxylation sites is 1. The molecule has 28 heavy (non-hydrogen) atoms. The van der Waals surface area contributed by atoms with Crippen LogP contribution in [0.2, 0.25) is 0 Å². The number of hydrogen-bond donors (Lipinski definition) is 1. The number of rotatable bonds is 3. The van der Waals surface area contributed by atoms with Crippen molar-refractivity contribution in [2.45, 2.75) is 25.0 Å². The lowest BCUT2D eigenvalue weighted by atomic mass is 9.98. The number of nitrogens with zero attached hydrogens (tertiary/aromatic N) is 1. The van der Waals surface area contributed by atoms with Crippen molar-refractivity contribution >= 4 is 16.9 Å². The van der Waals surface area contributed by atoms with Crippen molar-refractivity contribution in [1.82, 2.24) is 4.90 Å². The zero-order valence-corrected chi connectivity index (χ0v) is 15.1. The molecule has 5 rings (SSSR count). The van der Waals surface area contributed by atoms with E-state index in [9.17, 15) is 14.7 Å². The quantitative estimate of drug-likeness (QED) is 0.758. The molecule has 0 bridgehead atoms. The molecule has 2 aromatic carbocycles. The minimum absolute atomic E-state index is 0.0670. The van der Waals surface area contributed by atoms with Crippen molar-refractivity contribution in [3.63, 3.8) is 0 Å². The van der Waals surface area contributed by atoms with Crippen molar-refractivity contribution in [3.8, 4) is 5.75 Å². The molecule has 0 saturated carbocycles. The zero-order chi connectivity index (χ0) is 19.3. The third kappa shape index (κ3) is 2.60. The number of ether oxygens (including phenoxy) is 1. The van der Waals surface area contributed by atoms with E-state index in [1.165, 1.54) is 0 Å². The first-order valence-electron chi connectivity index (χ1n) is 9.41. The van der Waals surface area contributed by atoms with Gasteiger partial charge in [0.1, 0.15) is 11.3 Å². The van der Waals surface area contributed by atoms with Gasteiger partial charge in [0.15, 0.2) is 5.43 Å². The Bertz CT molecular complexity index is 1130. The minimum Gasteiger partial charge on any atom is -0.508 e. The van der Waals surface area contributed by atoms with Gasteiger partial charge in [-0.15, -0.1) is 0 Å². The van der Waals surface area contributed by atoms with Crippen LogP contribution in [0, 0.1) is 0 Å². The molecule has 6 nitrogen and oxygen atoms in total. The number of phenols is 1. The highest BCUT2D eigenvalue weighted by Gasteiger charge is 2.43. The van der Waals surface area contributed by atoms with Crippen molar-refractivity contribution in [1.29, 1.82) is 0 Å². The van der Waals surface area contributed by atoms with E-state index in [-0.39, 0.29) is 28.9 Å². The van der Waals surface area contributed by atoms with Gasteiger partial charge in [0.05, 0.1) is 23.1 Å². The summed E-state index contributed by atoms with van der Waals surface area (Å²) < 4.78 is 11.6. The van der Waals surface area contributed by atoms with Gasteiger partial charge in [-0.25, -0.2) is 0 Å². The highest BCUT2D eigenvalue weighted by atomic mass is 16.5. The van der Waals surface area contributed by atoms with Crippen LogP contribution in [-0.2, 0) is 4.74 Å². The van der Waals surface area contributed by atoms with E-state index in [0.29, 0.717) is 35.2 Å². The molecule has 3 heterocycles. The predicted molar refractivity (Wildman–Crippen MR) is 102 cm³/mol. The van der Waals surface area contributed by atoms with E-state index >= 15 is 0 Å². The second kappa shape index (κ2) is 6.49. The molecule has 2 aliphatic heterocycles. The summed E-state index contributed by atoms with van der Waals surface area (Å²) >= 11 is 0. The lowest BCUT2D eigenvalue weighted by Crippen LogP contribution is -2.36. The predicted octanol–water partition coefficient (Wildman–Crippen LogP) is 3.22. The van der Waals surface area contributed by atoms with Gasteiger partial charge in [-0.1, -0.05) is 24.3 Å². The van der Waals surface area contributed by atoms with E-state index in [1.54, 1.807) is 47.4 Å². The molecule has 6 heteroatoms. The first-order valence-corrected chi connectivity index (χ1v) is 9.41. The Morgan fingerprint density at radius 2 is 1.96 bits per heavy atom. The number of aromatic hydroxyl groups is 1. The fraction of sp³-hybridized carbons (Fsp3) is 0.273. The molecule has 0 aliphatic carbocycles. The normalized spacial score (nSPS) is 21.4. The highest BCUT2D eigenvalue weighted by Crippen LogP contribution is 2.39. The average molecular weight is 377 g/mol. The van der Waals surface area contributed by atoms with Gasteiger partial charge in [-0.05, 0) is 42.7 Å². The summed E-state index contributed by atoms with van der Waals surface area (Å²) in [7, 11) is 0. The van der Waals surface area contributed by atoms with Crippen LogP contribution in [0.4, 0.5) is 0 Å². The highest BCUT2D eigenvalue weighted by molar-refractivity contribution is 5.99. The van der Waals surface area contributed by atoms with Crippen molar-refractivity contribution < 1.29 is 19.1 Å². The molecule has 2 aliphatic rings. The average Bonchev–Trinajstić information content (AvgIpc) is 3.30. The van der Waals surface area contributed by atoms with Gasteiger partial charge in [0.25, 0.3) is 5.91 Å². The van der Waals surface area contributed by atoms with Crippen LogP contribution in [0.1, 0.15) is 40.6 Å². The number of fused-ring (bicyclic) bond motifs is 2. The Morgan fingerprint density at radius 1 is 1.11 bits per heavy atom. The third-order valence-corrected chi connectivity index (χ3v) is 5.48. The molecule has 1 fully saturated rings. The van der Waals surface area contributed by atoms with Gasteiger partial charge >= 0.3 is 0 Å². The summed E-state index contributed by atoms with van der Waals surface area (Å²) in [6, 6.07) is 13.0. The summed E-state index contributed by atoms with van der Waals surface area (Å²) in [6.07, 6.45) is 1.76. The van der Waals surface area contributed by atoms with Crippen LogP contribution in [0.15, 0.2) is 57.7 Å². The number of amides is 1. The fourth-order valence-corrected chi connectivity index (χ4v) is 4.20. The standard InChI is InChI=1S/C22H19NO5/c24-14-6-3-5-13(11-14)19-18-20(25)16-8-1-2-9-17(16)28-21(18)22(26)23(19)12-15-7-4-10-27-15/h1-3,5-6,8-9,11,15,19,24H,4,7,10,12H2/t15-,19-/m1/s1. The van der Waals surface area contributed by atoms with Crippen LogP contribution < -0.4 is 5.43 Å². The Morgan fingerprint density at radius 3 is 2.75 bits per heavy atom. The molecular formula is C22H19NO5. The number of benzene rings is 2. The SMILES string of the molecule is O=C1c2oc3ccccc3c(=O)c2[C@@H](c2cccc(O)c2)N1C[C@H]1CCCO1. The molecule has 2 atom stereocenters. The van der Waals surface area contributed by atoms with E-state index < -0.39 is 6.04 Å². The summed E-state index contributed by atoms with van der Waals surface area (Å²) in [6.45, 7) is 1.05. The maximum Gasteiger partial charge on any atom is 0.291 e. The van der Waals surface area contributed by atoms with Crippen molar-refractivity contribution in [2.75, 3.05) is 13.2 Å². The summed E-state index contributed by atoms with van der Waals surface area (Å²) in [5.74, 6) is -0.155. The number of hydrogen-bond acceptors (Lipinski definition) is 5. The first kappa shape index (κ1) is 17.0. The van der Waals surface area contributed by atoms with Gasteiger partial charge in [0.2, 0.25) is 5.76 Å². The molecule has 1 saturated heterocycles. The zero-order valence-electron chi connectivity index (χ0n) is 15.1. The van der Waals surface area contributed by atoms with Gasteiger partial charge in [-0.3, -0.25) is 9.59 Å². The molecule has 1 N–H and O–H groups in total. The van der Waals surface area contributed by atoms with Gasteiger partial charge in [-0.2, -0.15) is 0 Å². The summed E-state index contributed by atoms with van der Waals surface area (Å²) in [5, 5.41) is 10.4. The van der Waals surface area contributed by atoms with E-state index in [0.717, 1.165) is 12.8 Å². The molecular weight excluding hydrogens is 358 g/mol. The Balaban J connectivity index is 1.71. The largest absolute Gasteiger partial charge is 0.508 e. The molecule has 3 aromatic rings. The van der Waals surface area contributed by atoms with Crippen LogP contribution >= 0.6 is 0 Å². The second-order valence-corrected chi connectivity index (χ2v) is 7.26. The minimum atomic E-state index is -0.611. The van der Waals surface area contributed by atoms with E-state index in [4.69, 9.17) is 9.15 Å². The number of phenolic OH excluding ortho intramolecular Hbond substituents is 1. The van der Waals surface area contributed by atoms with E-state index in [2.05, 4.69) is 0 Å². The van der Waals surface area contributed by atoms with Crippen molar-refractivity contribution in [2.24, 2.45) is 0 Å². The van der Waals surface area contributed by atoms with Crippen molar-refractivity contribution in [3.05, 3.63) is 75.6 Å². The lowest BCUT2D eigenvalue weighted by molar-refractivity contribution is 0.0486. The Kier molecular flexibility index (Phi) is 3.94. The smallest absolute Gasteiger partial charge is 0.291 e. The topological polar surface area (TPSA) is 80.0 Å². The maximum atomic E-state index is 13.3. The van der Waals surface area contributed by atoms with Crippen LogP contribution in [-0.4, -0.2) is 35.2 Å². The van der Waals surface area contributed by atoms with Gasteiger partial charge in [0, 0.05) is 13.2 Å². The molecule has 1 amide bonds. The summed E-state index contributed by atoms with van der Waals surface area (Å²) in [4.78, 5) is 28.1. The lowest BCUT2D eigenvalue weighted by Gasteiger charge is -2.27. The fourth-order valence-electron chi connectivity index (χ4n) is 4.20. The van der Waals surface area contributed by atoms with Crippen LogP contribution in [0.5, 0.6) is 5.75 Å². The first-order chi connectivity index (χ1) is 13.6. The van der Waals surface area contributed by atoms with E-state index in [1.807, 2.05) is 6.07 Å². The number of carbonyl (C=O) groups is 1. The van der Waals surface area contributed by atoms with Crippen LogP contribution in [0.25, 0.3) is 11.0 Å². The molecule has 142 valence electrons. The second-order valence-electron chi connectivity index (χ2n) is 7.26. The number of carbonyl (C=O) groups excluding carboxylic acids is 1. The Hall–Kier alpha value is -3.12. The van der Waals surface area contributed by atoms with Crippen LogP contribution in [0.3, 0.4) is 0 Å². The molecule has 1 aromatic heterocycles.